The maximum atomic E-state index is 8.48. The monoisotopic (exact) mass is 202 g/mol. The summed E-state index contributed by atoms with van der Waals surface area (Å²) in [7, 11) is 0. The van der Waals surface area contributed by atoms with Crippen molar-refractivity contribution in [2.24, 2.45) is 5.92 Å². The molecule has 14 heavy (non-hydrogen) atoms. The lowest BCUT2D eigenvalue weighted by Crippen LogP contribution is -2.01. The second kappa shape index (κ2) is 11.0. The zero-order valence-electron chi connectivity index (χ0n) is 9.80. The molecule has 0 aliphatic rings. The molecule has 86 valence electrons. The van der Waals surface area contributed by atoms with Crippen LogP contribution in [0.3, 0.4) is 0 Å². The minimum absolute atomic E-state index is 0.146. The first kappa shape index (κ1) is 13.9. The summed E-state index contributed by atoms with van der Waals surface area (Å²) in [6, 6.07) is 0. The molecule has 0 radical (unpaired) electrons. The summed E-state index contributed by atoms with van der Waals surface area (Å²) in [5, 5.41) is 8.48. The fourth-order valence-corrected chi connectivity index (χ4v) is 1.68. The van der Waals surface area contributed by atoms with Gasteiger partial charge in [-0.2, -0.15) is 0 Å². The summed E-state index contributed by atoms with van der Waals surface area (Å²) in [5.74, 6) is 0.887. The van der Waals surface area contributed by atoms with Crippen molar-refractivity contribution in [3.63, 3.8) is 0 Å². The zero-order chi connectivity index (χ0) is 10.6. The average Bonchev–Trinajstić information content (AvgIpc) is 2.17. The van der Waals surface area contributed by atoms with Crippen molar-refractivity contribution in [2.45, 2.75) is 52.4 Å². The third-order valence-corrected chi connectivity index (χ3v) is 2.50. The second-order valence-electron chi connectivity index (χ2n) is 4.08. The van der Waals surface area contributed by atoms with Crippen molar-refractivity contribution in [3.8, 4) is 0 Å². The number of unbranched alkanes of at least 4 members (excludes halogenated alkanes) is 2. The second-order valence-corrected chi connectivity index (χ2v) is 4.08. The molecule has 0 fully saturated rings. The van der Waals surface area contributed by atoms with E-state index in [9.17, 15) is 0 Å². The maximum Gasteiger partial charge on any atom is 0.0697 e. The third kappa shape index (κ3) is 10.0. The van der Waals surface area contributed by atoms with Crippen molar-refractivity contribution in [2.75, 3.05) is 19.8 Å². The van der Waals surface area contributed by atoms with Gasteiger partial charge in [-0.15, -0.1) is 0 Å². The van der Waals surface area contributed by atoms with Crippen LogP contribution in [0.1, 0.15) is 52.4 Å². The molecule has 0 bridgehead atoms. The largest absolute Gasteiger partial charge is 0.394 e. The van der Waals surface area contributed by atoms with E-state index in [1.54, 1.807) is 0 Å². The number of hydrogen-bond donors (Lipinski definition) is 1. The van der Waals surface area contributed by atoms with Crippen LogP contribution < -0.4 is 0 Å². The molecule has 0 aromatic rings. The van der Waals surface area contributed by atoms with Crippen LogP contribution in [0.4, 0.5) is 0 Å². The van der Waals surface area contributed by atoms with E-state index >= 15 is 0 Å². The van der Waals surface area contributed by atoms with Gasteiger partial charge in [0.2, 0.25) is 0 Å². The number of rotatable bonds is 10. The number of aliphatic hydroxyl groups excluding tert-OH is 1. The Labute approximate surface area is 88.7 Å². The molecule has 0 aliphatic carbocycles. The molecule has 1 atom stereocenters. The van der Waals surface area contributed by atoms with Crippen molar-refractivity contribution in [1.82, 2.24) is 0 Å². The van der Waals surface area contributed by atoms with Gasteiger partial charge in [0.15, 0.2) is 0 Å². The van der Waals surface area contributed by atoms with Gasteiger partial charge in [-0.1, -0.05) is 46.0 Å². The smallest absolute Gasteiger partial charge is 0.0697 e. The van der Waals surface area contributed by atoms with E-state index in [1.165, 1.54) is 32.1 Å². The Morgan fingerprint density at radius 2 is 1.86 bits per heavy atom. The van der Waals surface area contributed by atoms with Gasteiger partial charge in [0.05, 0.1) is 13.2 Å². The summed E-state index contributed by atoms with van der Waals surface area (Å²) in [6.45, 7) is 6.04. The maximum absolute atomic E-state index is 8.48. The van der Waals surface area contributed by atoms with Crippen LogP contribution >= 0.6 is 0 Å². The molecule has 0 saturated carbocycles. The molecule has 0 saturated heterocycles. The van der Waals surface area contributed by atoms with Gasteiger partial charge in [-0.25, -0.2) is 0 Å². The fourth-order valence-electron chi connectivity index (χ4n) is 1.68. The molecular formula is C12H26O2. The topological polar surface area (TPSA) is 29.5 Å². The zero-order valence-corrected chi connectivity index (χ0v) is 9.80. The predicted octanol–water partition coefficient (Wildman–Crippen LogP) is 2.99. The Kier molecular flexibility index (Phi) is 10.9. The SMILES string of the molecule is CCCC(C)CCCCCOCCO. The van der Waals surface area contributed by atoms with Gasteiger partial charge in [0, 0.05) is 6.61 Å². The highest BCUT2D eigenvalue weighted by Gasteiger charge is 1.99. The van der Waals surface area contributed by atoms with Crippen molar-refractivity contribution < 1.29 is 9.84 Å². The van der Waals surface area contributed by atoms with Crippen LogP contribution in [0.15, 0.2) is 0 Å². The van der Waals surface area contributed by atoms with E-state index in [0.717, 1.165) is 18.9 Å². The number of ether oxygens (including phenoxy) is 1. The van der Waals surface area contributed by atoms with Gasteiger partial charge in [0.1, 0.15) is 0 Å². The minimum Gasteiger partial charge on any atom is -0.394 e. The molecule has 0 rings (SSSR count). The summed E-state index contributed by atoms with van der Waals surface area (Å²) in [4.78, 5) is 0. The molecule has 1 N–H and O–H groups in total. The summed E-state index contributed by atoms with van der Waals surface area (Å²) < 4.78 is 5.19. The van der Waals surface area contributed by atoms with Gasteiger partial charge in [0.25, 0.3) is 0 Å². The van der Waals surface area contributed by atoms with Crippen LogP contribution in [0.25, 0.3) is 0 Å². The van der Waals surface area contributed by atoms with E-state index in [0.29, 0.717) is 6.61 Å². The van der Waals surface area contributed by atoms with Gasteiger partial charge in [-0.3, -0.25) is 0 Å². The third-order valence-electron chi connectivity index (χ3n) is 2.50. The fraction of sp³-hybridized carbons (Fsp3) is 1.00. The van der Waals surface area contributed by atoms with E-state index in [1.807, 2.05) is 0 Å². The average molecular weight is 202 g/mol. The molecule has 1 unspecified atom stereocenters. The minimum atomic E-state index is 0.146. The lowest BCUT2D eigenvalue weighted by atomic mass is 9.99. The van der Waals surface area contributed by atoms with Gasteiger partial charge >= 0.3 is 0 Å². The Hall–Kier alpha value is -0.0800. The predicted molar refractivity (Wildman–Crippen MR) is 60.4 cm³/mol. The molecular weight excluding hydrogens is 176 g/mol. The molecule has 0 aliphatic heterocycles. The summed E-state index contributed by atoms with van der Waals surface area (Å²) in [5.41, 5.74) is 0. The summed E-state index contributed by atoms with van der Waals surface area (Å²) in [6.07, 6.45) is 7.75. The number of hydrogen-bond acceptors (Lipinski definition) is 2. The van der Waals surface area contributed by atoms with Crippen LogP contribution in [0.5, 0.6) is 0 Å². The molecule has 0 spiro atoms. The lowest BCUT2D eigenvalue weighted by molar-refractivity contribution is 0.0894. The van der Waals surface area contributed by atoms with E-state index in [4.69, 9.17) is 9.84 Å². The Morgan fingerprint density at radius 1 is 1.07 bits per heavy atom. The van der Waals surface area contributed by atoms with Crippen LogP contribution in [0.2, 0.25) is 0 Å². The van der Waals surface area contributed by atoms with E-state index in [2.05, 4.69) is 13.8 Å². The molecule has 0 aromatic heterocycles. The van der Waals surface area contributed by atoms with E-state index < -0.39 is 0 Å². The highest BCUT2D eigenvalue weighted by molar-refractivity contribution is 4.52. The first-order chi connectivity index (χ1) is 6.81. The van der Waals surface area contributed by atoms with Gasteiger partial charge < -0.3 is 9.84 Å². The Morgan fingerprint density at radius 3 is 2.50 bits per heavy atom. The normalized spacial score (nSPS) is 13.1. The molecule has 2 heteroatoms. The first-order valence-corrected chi connectivity index (χ1v) is 5.99. The molecule has 2 nitrogen and oxygen atoms in total. The van der Waals surface area contributed by atoms with Crippen molar-refractivity contribution in [1.29, 1.82) is 0 Å². The highest BCUT2D eigenvalue weighted by Crippen LogP contribution is 2.14. The van der Waals surface area contributed by atoms with Gasteiger partial charge in [-0.05, 0) is 12.3 Å². The van der Waals surface area contributed by atoms with Crippen LogP contribution in [0, 0.1) is 5.92 Å². The molecule has 0 aromatic carbocycles. The first-order valence-electron chi connectivity index (χ1n) is 5.99. The van der Waals surface area contributed by atoms with Crippen molar-refractivity contribution >= 4 is 0 Å². The van der Waals surface area contributed by atoms with Crippen LogP contribution in [-0.2, 0) is 4.74 Å². The lowest BCUT2D eigenvalue weighted by Gasteiger charge is -2.09. The standard InChI is InChI=1S/C12H26O2/c1-3-7-12(2)8-5-4-6-10-14-11-9-13/h12-13H,3-11H2,1-2H3. The quantitative estimate of drug-likeness (QED) is 0.552. The van der Waals surface area contributed by atoms with Crippen LogP contribution in [-0.4, -0.2) is 24.9 Å². The van der Waals surface area contributed by atoms with Crippen molar-refractivity contribution in [3.05, 3.63) is 0 Å². The summed E-state index contributed by atoms with van der Waals surface area (Å²) >= 11 is 0. The Balaban J connectivity index is 2.98. The Bertz CT molecular complexity index is 104. The van der Waals surface area contributed by atoms with E-state index in [-0.39, 0.29) is 6.61 Å². The molecule has 0 heterocycles. The molecule has 0 amide bonds. The highest BCUT2D eigenvalue weighted by atomic mass is 16.5. The number of aliphatic hydroxyl groups is 1.